The molecule has 0 radical (unpaired) electrons. The van der Waals surface area contributed by atoms with Crippen molar-refractivity contribution in [1.29, 1.82) is 5.41 Å². The van der Waals surface area contributed by atoms with Gasteiger partial charge in [-0.2, -0.15) is 18.3 Å². The number of hydrogen-bond acceptors (Lipinski definition) is 6. The van der Waals surface area contributed by atoms with Gasteiger partial charge in [0.1, 0.15) is 17.1 Å². The van der Waals surface area contributed by atoms with Crippen LogP contribution in [0.15, 0.2) is 49.1 Å². The summed E-state index contributed by atoms with van der Waals surface area (Å²) in [5.74, 6) is -0.789. The Morgan fingerprint density at radius 2 is 1.91 bits per heavy atom. The molecule has 43 heavy (non-hydrogen) atoms. The van der Waals surface area contributed by atoms with Crippen molar-refractivity contribution in [3.63, 3.8) is 0 Å². The highest BCUT2D eigenvalue weighted by molar-refractivity contribution is 6.16. The second kappa shape index (κ2) is 10.7. The SMILES string of the molecule is CCN(C(=O)OC(C)(C)C)c1cc(F)cc2c1[nH]c1ncc(-c3cncc(CC(=N)N)c3)c(-n3ccc(C(F)(F)F)n3)c12. The first-order chi connectivity index (χ1) is 20.2. The van der Waals surface area contributed by atoms with Crippen LogP contribution in [0.25, 0.3) is 38.8 Å². The molecule has 0 fully saturated rings. The van der Waals surface area contributed by atoms with E-state index in [2.05, 4.69) is 20.1 Å². The average Bonchev–Trinajstić information content (AvgIpc) is 3.53. The summed E-state index contributed by atoms with van der Waals surface area (Å²) in [5, 5.41) is 12.0. The average molecular weight is 597 g/mol. The lowest BCUT2D eigenvalue weighted by Crippen LogP contribution is -2.37. The van der Waals surface area contributed by atoms with Gasteiger partial charge in [-0.3, -0.25) is 15.3 Å². The molecule has 0 atom stereocenters. The second-order valence-corrected chi connectivity index (χ2v) is 10.9. The van der Waals surface area contributed by atoms with Gasteiger partial charge in [0.25, 0.3) is 0 Å². The Labute approximate surface area is 243 Å². The van der Waals surface area contributed by atoms with Crippen LogP contribution in [0.4, 0.5) is 28.0 Å². The highest BCUT2D eigenvalue weighted by atomic mass is 19.4. The van der Waals surface area contributed by atoms with E-state index in [0.717, 1.165) is 16.9 Å². The number of hydrogen-bond donors (Lipinski definition) is 3. The number of carbonyl (C=O) groups excluding carboxylic acids is 1. The van der Waals surface area contributed by atoms with Crippen molar-refractivity contribution >= 4 is 39.6 Å². The minimum atomic E-state index is -4.71. The number of halogens is 4. The lowest BCUT2D eigenvalue weighted by Gasteiger charge is -2.27. The third-order valence-corrected chi connectivity index (χ3v) is 6.48. The fraction of sp³-hybridized carbons (Fsp3) is 0.276. The molecule has 0 bridgehead atoms. The number of amidine groups is 1. The van der Waals surface area contributed by atoms with Gasteiger partial charge in [-0.25, -0.2) is 18.9 Å². The number of amides is 1. The molecule has 5 rings (SSSR count). The quantitative estimate of drug-likeness (QED) is 0.118. The van der Waals surface area contributed by atoms with Gasteiger partial charge in [0.05, 0.1) is 28.1 Å². The van der Waals surface area contributed by atoms with E-state index in [1.807, 2.05) is 0 Å². The molecule has 4 N–H and O–H groups in total. The molecule has 0 aliphatic heterocycles. The Bertz CT molecular complexity index is 1870. The summed E-state index contributed by atoms with van der Waals surface area (Å²) in [5.41, 5.74) is 5.90. The van der Waals surface area contributed by atoms with E-state index in [1.165, 1.54) is 35.6 Å². The minimum absolute atomic E-state index is 0.0975. The monoisotopic (exact) mass is 596 g/mol. The maximum atomic E-state index is 15.3. The third-order valence-electron chi connectivity index (χ3n) is 6.48. The second-order valence-electron chi connectivity index (χ2n) is 10.9. The molecule has 14 heteroatoms. The number of nitrogens with two attached hydrogens (primary N) is 1. The zero-order valence-corrected chi connectivity index (χ0v) is 23.7. The zero-order valence-electron chi connectivity index (χ0n) is 23.7. The first-order valence-corrected chi connectivity index (χ1v) is 13.2. The van der Waals surface area contributed by atoms with Crippen molar-refractivity contribution in [2.75, 3.05) is 11.4 Å². The van der Waals surface area contributed by atoms with Crippen LogP contribution in [0, 0.1) is 11.2 Å². The largest absolute Gasteiger partial charge is 0.443 e. The number of ether oxygens (including phenoxy) is 1. The minimum Gasteiger partial charge on any atom is -0.443 e. The topological polar surface area (TPSA) is 139 Å². The van der Waals surface area contributed by atoms with Gasteiger partial charge in [0.15, 0.2) is 5.69 Å². The Kier molecular flexibility index (Phi) is 7.32. The fourth-order valence-corrected chi connectivity index (χ4v) is 4.82. The number of alkyl halides is 3. The molecule has 5 aromatic rings. The smallest absolute Gasteiger partial charge is 0.435 e. The van der Waals surface area contributed by atoms with E-state index in [4.69, 9.17) is 15.9 Å². The maximum absolute atomic E-state index is 15.3. The molecule has 224 valence electrons. The van der Waals surface area contributed by atoms with E-state index >= 15 is 4.39 Å². The van der Waals surface area contributed by atoms with Gasteiger partial charge in [0.2, 0.25) is 0 Å². The number of H-pyrrole nitrogens is 1. The summed E-state index contributed by atoms with van der Waals surface area (Å²) in [7, 11) is 0. The Morgan fingerprint density at radius 1 is 1.16 bits per heavy atom. The van der Waals surface area contributed by atoms with Gasteiger partial charge >= 0.3 is 12.3 Å². The number of anilines is 1. The number of fused-ring (bicyclic) bond motifs is 3. The highest BCUT2D eigenvalue weighted by Crippen LogP contribution is 2.40. The fourth-order valence-electron chi connectivity index (χ4n) is 4.82. The Balaban J connectivity index is 1.83. The lowest BCUT2D eigenvalue weighted by molar-refractivity contribution is -0.141. The van der Waals surface area contributed by atoms with E-state index in [1.54, 1.807) is 33.8 Å². The summed E-state index contributed by atoms with van der Waals surface area (Å²) in [6.45, 7) is 6.96. The number of carbonyl (C=O) groups is 1. The molecular formula is C29H28F4N8O2. The van der Waals surface area contributed by atoms with Crippen LogP contribution >= 0.6 is 0 Å². The molecule has 0 saturated heterocycles. The van der Waals surface area contributed by atoms with Crippen LogP contribution in [-0.2, 0) is 17.3 Å². The molecule has 0 aliphatic carbocycles. The molecule has 10 nitrogen and oxygen atoms in total. The van der Waals surface area contributed by atoms with Crippen LogP contribution in [0.1, 0.15) is 39.0 Å². The van der Waals surface area contributed by atoms with E-state index in [0.29, 0.717) is 22.2 Å². The van der Waals surface area contributed by atoms with E-state index in [-0.39, 0.29) is 46.6 Å². The Morgan fingerprint density at radius 3 is 2.53 bits per heavy atom. The number of rotatable bonds is 6. The lowest BCUT2D eigenvalue weighted by atomic mass is 10.0. The van der Waals surface area contributed by atoms with Gasteiger partial charge in [-0.1, -0.05) is 0 Å². The number of benzene rings is 1. The predicted octanol–water partition coefficient (Wildman–Crippen LogP) is 6.36. The summed E-state index contributed by atoms with van der Waals surface area (Å²) in [6.07, 6.45) is 0.302. The van der Waals surface area contributed by atoms with Crippen LogP contribution in [0.5, 0.6) is 0 Å². The van der Waals surface area contributed by atoms with Crippen LogP contribution < -0.4 is 10.6 Å². The third kappa shape index (κ3) is 5.85. The van der Waals surface area contributed by atoms with Crippen molar-refractivity contribution in [2.45, 2.75) is 45.9 Å². The summed E-state index contributed by atoms with van der Waals surface area (Å²) in [4.78, 5) is 26.2. The Hall–Kier alpha value is -5.01. The van der Waals surface area contributed by atoms with Crippen LogP contribution in [0.2, 0.25) is 0 Å². The molecule has 0 aliphatic rings. The van der Waals surface area contributed by atoms with Crippen molar-refractivity contribution in [2.24, 2.45) is 5.73 Å². The number of aromatic nitrogens is 5. The molecule has 0 spiro atoms. The first-order valence-electron chi connectivity index (χ1n) is 13.2. The molecule has 1 amide bonds. The van der Waals surface area contributed by atoms with Gasteiger partial charge in [-0.15, -0.1) is 0 Å². The molecule has 1 aromatic carbocycles. The molecular weight excluding hydrogens is 568 g/mol. The van der Waals surface area contributed by atoms with Crippen LogP contribution in [-0.4, -0.2) is 48.8 Å². The van der Waals surface area contributed by atoms with Crippen molar-refractivity contribution in [1.82, 2.24) is 24.7 Å². The number of pyridine rings is 2. The summed E-state index contributed by atoms with van der Waals surface area (Å²) >= 11 is 0. The summed E-state index contributed by atoms with van der Waals surface area (Å²) in [6, 6.07) is 4.92. The van der Waals surface area contributed by atoms with Crippen molar-refractivity contribution in [3.05, 3.63) is 66.1 Å². The van der Waals surface area contributed by atoms with E-state index in [9.17, 15) is 18.0 Å². The highest BCUT2D eigenvalue weighted by Gasteiger charge is 2.34. The molecule has 4 heterocycles. The number of nitrogens with one attached hydrogen (secondary N) is 2. The number of nitrogens with zero attached hydrogens (tertiary/aromatic N) is 5. The zero-order chi connectivity index (χ0) is 31.3. The maximum Gasteiger partial charge on any atom is 0.435 e. The van der Waals surface area contributed by atoms with E-state index < -0.39 is 29.4 Å². The van der Waals surface area contributed by atoms with Gasteiger partial charge < -0.3 is 15.5 Å². The number of aromatic amines is 1. The van der Waals surface area contributed by atoms with Crippen molar-refractivity contribution in [3.8, 4) is 16.8 Å². The standard InChI is InChI=1S/C29H28F4N8O2/c1-5-40(27(42)43-28(2,3)4)20-11-17(30)10-18-23-25(41-7-6-21(39-41)29(31,32)33)19(14-37-26(23)38-24(18)20)16-8-15(9-22(34)35)12-36-13-16/h6-8,10-14H,5,9H2,1-4H3,(H3,34,35)(H,37,38). The molecule has 0 saturated carbocycles. The molecule has 0 unspecified atom stereocenters. The van der Waals surface area contributed by atoms with Crippen molar-refractivity contribution < 1.29 is 27.1 Å². The van der Waals surface area contributed by atoms with Crippen LogP contribution in [0.3, 0.4) is 0 Å². The first kappa shape index (κ1) is 29.5. The summed E-state index contributed by atoms with van der Waals surface area (Å²) < 4.78 is 62.7. The van der Waals surface area contributed by atoms with Gasteiger partial charge in [0, 0.05) is 54.3 Å². The molecule has 4 aromatic heterocycles. The van der Waals surface area contributed by atoms with Gasteiger partial charge in [-0.05, 0) is 57.5 Å². The predicted molar refractivity (Wildman–Crippen MR) is 154 cm³/mol. The normalized spacial score (nSPS) is 12.2.